The highest BCUT2D eigenvalue weighted by molar-refractivity contribution is 5.95. The molecule has 0 heterocycles. The average molecular weight is 256 g/mol. The number of hydrogen-bond acceptors (Lipinski definition) is 5. The number of benzene rings is 1. The summed E-state index contributed by atoms with van der Waals surface area (Å²) in [6.45, 7) is 4.71. The molecule has 0 saturated heterocycles. The number of nitrogens with zero attached hydrogens (tertiary/aromatic N) is 1. The molecule has 0 saturated carbocycles. The minimum Gasteiger partial charge on any atom is -0.456 e. The molecule has 0 radical (unpaired) electrons. The Kier molecular flexibility index (Phi) is 3.54. The first-order valence-corrected chi connectivity index (χ1v) is 5.09. The quantitative estimate of drug-likeness (QED) is 0.379. The first-order valence-electron chi connectivity index (χ1n) is 5.09. The standard InChI is InChI=1S/C11H13FN2O4/c1-11(2,3)18-10(15)8-7(14(16)17)5-4-6(13)9(8)12/h4-5H,13H2,1-3H3. The van der Waals surface area contributed by atoms with Gasteiger partial charge in [0.25, 0.3) is 5.69 Å². The Balaban J connectivity index is 3.33. The summed E-state index contributed by atoms with van der Waals surface area (Å²) in [5, 5.41) is 10.7. The summed E-state index contributed by atoms with van der Waals surface area (Å²) in [5.74, 6) is -2.25. The molecular weight excluding hydrogens is 243 g/mol. The van der Waals surface area contributed by atoms with Crippen molar-refractivity contribution in [3.8, 4) is 0 Å². The van der Waals surface area contributed by atoms with E-state index in [9.17, 15) is 19.3 Å². The molecule has 0 aliphatic carbocycles. The molecule has 0 aliphatic heterocycles. The van der Waals surface area contributed by atoms with Gasteiger partial charge in [0.2, 0.25) is 0 Å². The van der Waals surface area contributed by atoms with Gasteiger partial charge in [-0.25, -0.2) is 9.18 Å². The summed E-state index contributed by atoms with van der Waals surface area (Å²) in [5.41, 5.74) is 2.63. The Labute approximate surface area is 103 Å². The van der Waals surface area contributed by atoms with Crippen molar-refractivity contribution >= 4 is 17.3 Å². The number of rotatable bonds is 2. The van der Waals surface area contributed by atoms with Crippen molar-refractivity contribution in [2.24, 2.45) is 0 Å². The number of anilines is 1. The summed E-state index contributed by atoms with van der Waals surface area (Å²) < 4.78 is 18.6. The van der Waals surface area contributed by atoms with E-state index in [-0.39, 0.29) is 5.69 Å². The Hall–Kier alpha value is -2.18. The van der Waals surface area contributed by atoms with Crippen LogP contribution in [0.15, 0.2) is 12.1 Å². The Morgan fingerprint density at radius 1 is 1.44 bits per heavy atom. The van der Waals surface area contributed by atoms with E-state index in [4.69, 9.17) is 10.5 Å². The largest absolute Gasteiger partial charge is 0.456 e. The SMILES string of the molecule is CC(C)(C)OC(=O)c1c([N+](=O)[O-])ccc(N)c1F. The maximum absolute atomic E-state index is 13.7. The fraction of sp³-hybridized carbons (Fsp3) is 0.364. The van der Waals surface area contributed by atoms with Gasteiger partial charge in [-0.1, -0.05) is 0 Å². The summed E-state index contributed by atoms with van der Waals surface area (Å²) in [6, 6.07) is 2.00. The zero-order valence-corrected chi connectivity index (χ0v) is 10.2. The molecule has 0 aromatic heterocycles. The molecule has 0 amide bonds. The van der Waals surface area contributed by atoms with Crippen LogP contribution in [0.2, 0.25) is 0 Å². The molecule has 1 aromatic rings. The third kappa shape index (κ3) is 2.93. The van der Waals surface area contributed by atoms with Crippen molar-refractivity contribution in [1.29, 1.82) is 0 Å². The molecule has 0 unspecified atom stereocenters. The Morgan fingerprint density at radius 3 is 2.44 bits per heavy atom. The minimum absolute atomic E-state index is 0.346. The lowest BCUT2D eigenvalue weighted by atomic mass is 10.1. The molecule has 0 spiro atoms. The van der Waals surface area contributed by atoms with Crippen LogP contribution in [-0.4, -0.2) is 16.5 Å². The van der Waals surface area contributed by atoms with E-state index in [0.717, 1.165) is 12.1 Å². The van der Waals surface area contributed by atoms with Crippen molar-refractivity contribution in [2.75, 3.05) is 5.73 Å². The number of nitrogens with two attached hydrogens (primary N) is 1. The number of halogens is 1. The highest BCUT2D eigenvalue weighted by Gasteiger charge is 2.30. The number of nitro benzene ring substituents is 1. The molecule has 1 aromatic carbocycles. The predicted octanol–water partition coefficient (Wildman–Crippen LogP) is 2.27. The number of nitro groups is 1. The number of esters is 1. The fourth-order valence-corrected chi connectivity index (χ4v) is 1.26. The zero-order chi connectivity index (χ0) is 14.1. The molecule has 98 valence electrons. The molecule has 18 heavy (non-hydrogen) atoms. The van der Waals surface area contributed by atoms with Gasteiger partial charge in [-0.3, -0.25) is 10.1 Å². The maximum Gasteiger partial charge on any atom is 0.348 e. The van der Waals surface area contributed by atoms with E-state index < -0.39 is 33.6 Å². The van der Waals surface area contributed by atoms with Gasteiger partial charge < -0.3 is 10.5 Å². The lowest BCUT2D eigenvalue weighted by Gasteiger charge is -2.19. The topological polar surface area (TPSA) is 95.5 Å². The van der Waals surface area contributed by atoms with Crippen molar-refractivity contribution in [3.05, 3.63) is 33.6 Å². The van der Waals surface area contributed by atoms with Crippen molar-refractivity contribution in [1.82, 2.24) is 0 Å². The fourth-order valence-electron chi connectivity index (χ4n) is 1.26. The summed E-state index contributed by atoms with van der Waals surface area (Å²) in [4.78, 5) is 21.6. The smallest absolute Gasteiger partial charge is 0.348 e. The second-order valence-corrected chi connectivity index (χ2v) is 4.62. The van der Waals surface area contributed by atoms with E-state index in [1.807, 2.05) is 0 Å². The van der Waals surface area contributed by atoms with Gasteiger partial charge in [-0.15, -0.1) is 0 Å². The second kappa shape index (κ2) is 4.59. The molecule has 0 aliphatic rings. The van der Waals surface area contributed by atoms with Crippen LogP contribution in [0, 0.1) is 15.9 Å². The van der Waals surface area contributed by atoms with Gasteiger partial charge in [-0.2, -0.15) is 0 Å². The van der Waals surface area contributed by atoms with Crippen LogP contribution >= 0.6 is 0 Å². The van der Waals surface area contributed by atoms with Gasteiger partial charge in [0.1, 0.15) is 5.60 Å². The maximum atomic E-state index is 13.7. The molecule has 2 N–H and O–H groups in total. The van der Waals surface area contributed by atoms with Crippen LogP contribution in [0.4, 0.5) is 15.8 Å². The van der Waals surface area contributed by atoms with E-state index in [0.29, 0.717) is 0 Å². The monoisotopic (exact) mass is 256 g/mol. The summed E-state index contributed by atoms with van der Waals surface area (Å²) in [6.07, 6.45) is 0. The van der Waals surface area contributed by atoms with Gasteiger partial charge in [-0.05, 0) is 26.8 Å². The molecule has 7 heteroatoms. The second-order valence-electron chi connectivity index (χ2n) is 4.62. The lowest BCUT2D eigenvalue weighted by Crippen LogP contribution is -2.25. The van der Waals surface area contributed by atoms with Crippen molar-refractivity contribution in [2.45, 2.75) is 26.4 Å². The Bertz CT molecular complexity index is 509. The predicted molar refractivity (Wildman–Crippen MR) is 62.6 cm³/mol. The normalized spacial score (nSPS) is 11.1. The number of hydrogen-bond donors (Lipinski definition) is 1. The Morgan fingerprint density at radius 2 is 2.00 bits per heavy atom. The van der Waals surface area contributed by atoms with E-state index >= 15 is 0 Å². The summed E-state index contributed by atoms with van der Waals surface area (Å²) in [7, 11) is 0. The number of nitrogen functional groups attached to an aromatic ring is 1. The number of carbonyl (C=O) groups excluding carboxylic acids is 1. The molecule has 6 nitrogen and oxygen atoms in total. The van der Waals surface area contributed by atoms with Crippen LogP contribution in [0.5, 0.6) is 0 Å². The van der Waals surface area contributed by atoms with E-state index in [2.05, 4.69) is 0 Å². The third-order valence-electron chi connectivity index (χ3n) is 1.95. The van der Waals surface area contributed by atoms with Gasteiger partial charge in [0, 0.05) is 6.07 Å². The van der Waals surface area contributed by atoms with Crippen molar-refractivity contribution < 1.29 is 18.8 Å². The van der Waals surface area contributed by atoms with Crippen LogP contribution in [0.3, 0.4) is 0 Å². The average Bonchev–Trinajstić information content (AvgIpc) is 2.18. The molecule has 0 fully saturated rings. The van der Waals surface area contributed by atoms with E-state index in [1.165, 1.54) is 0 Å². The third-order valence-corrected chi connectivity index (χ3v) is 1.95. The van der Waals surface area contributed by atoms with Gasteiger partial charge in [0.15, 0.2) is 11.4 Å². The number of ether oxygens (including phenoxy) is 1. The molecular formula is C11H13FN2O4. The molecule has 0 bridgehead atoms. The van der Waals surface area contributed by atoms with Gasteiger partial charge >= 0.3 is 5.97 Å². The van der Waals surface area contributed by atoms with E-state index in [1.54, 1.807) is 20.8 Å². The first-order chi connectivity index (χ1) is 8.13. The van der Waals surface area contributed by atoms with Gasteiger partial charge in [0.05, 0.1) is 10.6 Å². The van der Waals surface area contributed by atoms with Crippen LogP contribution in [0.1, 0.15) is 31.1 Å². The highest BCUT2D eigenvalue weighted by Crippen LogP contribution is 2.27. The van der Waals surface area contributed by atoms with Crippen molar-refractivity contribution in [3.63, 3.8) is 0 Å². The van der Waals surface area contributed by atoms with Crippen LogP contribution in [0.25, 0.3) is 0 Å². The number of carbonyl (C=O) groups is 1. The highest BCUT2D eigenvalue weighted by atomic mass is 19.1. The minimum atomic E-state index is -1.14. The van der Waals surface area contributed by atoms with Crippen LogP contribution in [-0.2, 0) is 4.74 Å². The first kappa shape index (κ1) is 13.9. The molecule has 1 rings (SSSR count). The zero-order valence-electron chi connectivity index (χ0n) is 10.2. The summed E-state index contributed by atoms with van der Waals surface area (Å²) >= 11 is 0. The lowest BCUT2D eigenvalue weighted by molar-refractivity contribution is -0.385. The van der Waals surface area contributed by atoms with Crippen LogP contribution < -0.4 is 5.73 Å². The molecule has 0 atom stereocenters.